The summed E-state index contributed by atoms with van der Waals surface area (Å²) in [6, 6.07) is 0.201. The smallest absolute Gasteiger partial charge is 0.323 e. The second kappa shape index (κ2) is 6.44. The highest BCUT2D eigenvalue weighted by atomic mass is 32.1. The minimum absolute atomic E-state index is 0.0186. The van der Waals surface area contributed by atoms with E-state index in [1.807, 2.05) is 26.2 Å². The first-order valence-electron chi connectivity index (χ1n) is 6.13. The van der Waals surface area contributed by atoms with Crippen LogP contribution in [0.25, 0.3) is 0 Å². The third-order valence-corrected chi connectivity index (χ3v) is 3.21. The fourth-order valence-electron chi connectivity index (χ4n) is 1.45. The van der Waals surface area contributed by atoms with Gasteiger partial charge in [0, 0.05) is 11.6 Å². The minimum Gasteiger partial charge on any atom is -0.461 e. The average molecular weight is 295 g/mol. The van der Waals surface area contributed by atoms with Crippen molar-refractivity contribution in [3.8, 4) is 6.01 Å². The van der Waals surface area contributed by atoms with Crippen LogP contribution in [0.2, 0.25) is 0 Å². The van der Waals surface area contributed by atoms with Crippen LogP contribution in [0.15, 0.2) is 11.6 Å². The Balaban J connectivity index is 2.17. The van der Waals surface area contributed by atoms with Crippen LogP contribution in [0, 0.1) is 0 Å². The van der Waals surface area contributed by atoms with Gasteiger partial charge in [0.15, 0.2) is 0 Å². The van der Waals surface area contributed by atoms with Gasteiger partial charge in [-0.05, 0) is 20.8 Å². The standard InChI is InChI=1S/C11H17N7OS/c1-6(2)19-11-16-9(15-10(17-11)18-12)14-7(3)8-13-4-5-20-8/h4-7H,12H2,1-3H3,(H2,14,15,16,17,18). The van der Waals surface area contributed by atoms with Crippen molar-refractivity contribution in [3.63, 3.8) is 0 Å². The van der Waals surface area contributed by atoms with Gasteiger partial charge in [-0.2, -0.15) is 15.0 Å². The first-order valence-corrected chi connectivity index (χ1v) is 7.01. The highest BCUT2D eigenvalue weighted by Gasteiger charge is 2.13. The first-order chi connectivity index (χ1) is 9.58. The van der Waals surface area contributed by atoms with E-state index >= 15 is 0 Å². The lowest BCUT2D eigenvalue weighted by Crippen LogP contribution is -2.17. The topological polar surface area (TPSA) is 111 Å². The summed E-state index contributed by atoms with van der Waals surface area (Å²) in [7, 11) is 0. The van der Waals surface area contributed by atoms with Crippen molar-refractivity contribution in [2.24, 2.45) is 5.84 Å². The number of thiazole rings is 1. The van der Waals surface area contributed by atoms with Gasteiger partial charge in [-0.25, -0.2) is 10.8 Å². The van der Waals surface area contributed by atoms with Crippen molar-refractivity contribution >= 4 is 23.2 Å². The fraction of sp³-hybridized carbons (Fsp3) is 0.455. The number of rotatable bonds is 6. The highest BCUT2D eigenvalue weighted by Crippen LogP contribution is 2.20. The molecule has 0 saturated carbocycles. The maximum absolute atomic E-state index is 5.46. The number of anilines is 2. The number of nitrogens with zero attached hydrogens (tertiary/aromatic N) is 4. The van der Waals surface area contributed by atoms with Crippen LogP contribution >= 0.6 is 11.3 Å². The SMILES string of the molecule is CC(C)Oc1nc(NN)nc(NC(C)c2nccs2)n1. The number of nitrogens with two attached hydrogens (primary N) is 1. The van der Waals surface area contributed by atoms with Crippen LogP contribution in [0.4, 0.5) is 11.9 Å². The molecule has 4 N–H and O–H groups in total. The van der Waals surface area contributed by atoms with Gasteiger partial charge in [-0.15, -0.1) is 11.3 Å². The molecule has 2 aromatic rings. The number of hydrazine groups is 1. The van der Waals surface area contributed by atoms with E-state index in [9.17, 15) is 0 Å². The van der Waals surface area contributed by atoms with Crippen molar-refractivity contribution in [2.45, 2.75) is 32.9 Å². The highest BCUT2D eigenvalue weighted by molar-refractivity contribution is 7.09. The molecule has 0 aromatic carbocycles. The molecule has 8 nitrogen and oxygen atoms in total. The quantitative estimate of drug-likeness (QED) is 0.544. The lowest BCUT2D eigenvalue weighted by molar-refractivity contribution is 0.222. The van der Waals surface area contributed by atoms with Crippen LogP contribution in [0.5, 0.6) is 6.01 Å². The van der Waals surface area contributed by atoms with E-state index in [1.165, 1.54) is 0 Å². The molecule has 0 aliphatic carbocycles. The zero-order valence-corrected chi connectivity index (χ0v) is 12.3. The molecule has 2 heterocycles. The van der Waals surface area contributed by atoms with Gasteiger partial charge in [0.1, 0.15) is 5.01 Å². The van der Waals surface area contributed by atoms with Crippen molar-refractivity contribution in [2.75, 3.05) is 10.7 Å². The van der Waals surface area contributed by atoms with E-state index in [0.29, 0.717) is 5.95 Å². The van der Waals surface area contributed by atoms with Crippen molar-refractivity contribution in [1.29, 1.82) is 0 Å². The zero-order valence-electron chi connectivity index (χ0n) is 11.5. The molecule has 0 saturated heterocycles. The summed E-state index contributed by atoms with van der Waals surface area (Å²) in [5.41, 5.74) is 2.39. The van der Waals surface area contributed by atoms with E-state index in [2.05, 4.69) is 30.7 Å². The number of hydrogen-bond acceptors (Lipinski definition) is 9. The van der Waals surface area contributed by atoms with Crippen LogP contribution < -0.4 is 21.3 Å². The lowest BCUT2D eigenvalue weighted by Gasteiger charge is -2.13. The lowest BCUT2D eigenvalue weighted by atomic mass is 10.4. The van der Waals surface area contributed by atoms with Gasteiger partial charge >= 0.3 is 6.01 Å². The first kappa shape index (κ1) is 14.4. The van der Waals surface area contributed by atoms with Crippen LogP contribution in [-0.4, -0.2) is 26.0 Å². The van der Waals surface area contributed by atoms with E-state index in [4.69, 9.17) is 10.6 Å². The number of ether oxygens (including phenoxy) is 1. The molecule has 0 bridgehead atoms. The summed E-state index contributed by atoms with van der Waals surface area (Å²) in [6.45, 7) is 5.76. The van der Waals surface area contributed by atoms with Crippen molar-refractivity contribution in [3.05, 3.63) is 16.6 Å². The second-order valence-electron chi connectivity index (χ2n) is 4.31. The molecule has 20 heavy (non-hydrogen) atoms. The predicted molar refractivity (Wildman–Crippen MR) is 77.6 cm³/mol. The maximum atomic E-state index is 5.46. The van der Waals surface area contributed by atoms with Gasteiger partial charge in [-0.1, -0.05) is 0 Å². The summed E-state index contributed by atoms with van der Waals surface area (Å²) in [5.74, 6) is 5.97. The van der Waals surface area contributed by atoms with Gasteiger partial charge in [-0.3, -0.25) is 5.43 Å². The third kappa shape index (κ3) is 3.75. The number of aromatic nitrogens is 4. The normalized spacial score (nSPS) is 12.2. The maximum Gasteiger partial charge on any atom is 0.323 e. The Bertz CT molecular complexity index is 546. The number of hydrogen-bond donors (Lipinski definition) is 3. The zero-order chi connectivity index (χ0) is 14.5. The van der Waals surface area contributed by atoms with E-state index in [1.54, 1.807) is 17.5 Å². The molecule has 9 heteroatoms. The Kier molecular flexibility index (Phi) is 4.64. The average Bonchev–Trinajstić information content (AvgIpc) is 2.91. The molecule has 0 spiro atoms. The Morgan fingerprint density at radius 1 is 1.20 bits per heavy atom. The molecule has 1 atom stereocenters. The molecule has 2 rings (SSSR count). The van der Waals surface area contributed by atoms with Crippen LogP contribution in [0.3, 0.4) is 0 Å². The van der Waals surface area contributed by atoms with Crippen molar-refractivity contribution in [1.82, 2.24) is 19.9 Å². The Morgan fingerprint density at radius 3 is 2.55 bits per heavy atom. The minimum atomic E-state index is -0.0349. The predicted octanol–water partition coefficient (Wildman–Crippen LogP) is 1.57. The van der Waals surface area contributed by atoms with Gasteiger partial charge in [0.05, 0.1) is 12.1 Å². The summed E-state index contributed by atoms with van der Waals surface area (Å²) in [6.07, 6.45) is 1.72. The Labute approximate surface area is 120 Å². The summed E-state index contributed by atoms with van der Waals surface area (Å²) < 4.78 is 5.46. The van der Waals surface area contributed by atoms with Gasteiger partial charge in [0.25, 0.3) is 0 Å². The molecule has 1 unspecified atom stereocenters. The van der Waals surface area contributed by atoms with Crippen LogP contribution in [0.1, 0.15) is 31.8 Å². The van der Waals surface area contributed by atoms with E-state index in [0.717, 1.165) is 5.01 Å². The van der Waals surface area contributed by atoms with E-state index < -0.39 is 0 Å². The molecule has 0 aliphatic heterocycles. The molecule has 0 radical (unpaired) electrons. The number of nitrogen functional groups attached to an aromatic ring is 1. The summed E-state index contributed by atoms with van der Waals surface area (Å²) >= 11 is 1.56. The van der Waals surface area contributed by atoms with Gasteiger partial charge in [0.2, 0.25) is 11.9 Å². The third-order valence-electron chi connectivity index (χ3n) is 2.25. The van der Waals surface area contributed by atoms with E-state index in [-0.39, 0.29) is 24.1 Å². The molecular weight excluding hydrogens is 278 g/mol. The Morgan fingerprint density at radius 2 is 1.95 bits per heavy atom. The Hall–Kier alpha value is -2.00. The molecule has 108 valence electrons. The van der Waals surface area contributed by atoms with Crippen molar-refractivity contribution < 1.29 is 4.74 Å². The molecule has 0 fully saturated rings. The second-order valence-corrected chi connectivity index (χ2v) is 5.24. The fourth-order valence-corrected chi connectivity index (χ4v) is 2.10. The number of nitrogens with one attached hydrogen (secondary N) is 2. The molecule has 0 aliphatic rings. The van der Waals surface area contributed by atoms with Crippen LogP contribution in [-0.2, 0) is 0 Å². The summed E-state index contributed by atoms with van der Waals surface area (Å²) in [5, 5.41) is 6.00. The summed E-state index contributed by atoms with van der Waals surface area (Å²) in [4.78, 5) is 16.6. The monoisotopic (exact) mass is 295 g/mol. The largest absolute Gasteiger partial charge is 0.461 e. The molecule has 0 amide bonds. The van der Waals surface area contributed by atoms with Gasteiger partial charge < -0.3 is 10.1 Å². The molecular formula is C11H17N7OS. The molecule has 2 aromatic heterocycles.